The Labute approximate surface area is 147 Å². The van der Waals surface area contributed by atoms with Crippen molar-refractivity contribution in [2.75, 3.05) is 14.2 Å². The Morgan fingerprint density at radius 3 is 2.42 bits per heavy atom. The van der Waals surface area contributed by atoms with Crippen molar-refractivity contribution in [3.8, 4) is 17.5 Å². The molecule has 1 heterocycles. The summed E-state index contributed by atoms with van der Waals surface area (Å²) in [7, 11) is 2.51. The fourth-order valence-corrected chi connectivity index (χ4v) is 2.14. The molecule has 6 nitrogen and oxygen atoms in total. The minimum absolute atomic E-state index is 0.0143. The lowest BCUT2D eigenvalue weighted by atomic mass is 10.1. The van der Waals surface area contributed by atoms with Crippen LogP contribution >= 0.6 is 0 Å². The lowest BCUT2D eigenvalue weighted by Crippen LogP contribution is -2.09. The van der Waals surface area contributed by atoms with Crippen molar-refractivity contribution < 1.29 is 32.2 Å². The van der Waals surface area contributed by atoms with E-state index >= 15 is 0 Å². The predicted octanol–water partition coefficient (Wildman–Crippen LogP) is 3.87. The molecule has 0 fully saturated rings. The van der Waals surface area contributed by atoms with Gasteiger partial charge in [0.05, 0.1) is 25.4 Å². The van der Waals surface area contributed by atoms with E-state index in [9.17, 15) is 18.0 Å². The van der Waals surface area contributed by atoms with Crippen molar-refractivity contribution in [3.05, 3.63) is 47.8 Å². The number of allylic oxidation sites excluding steroid dienone is 1. The number of benzene rings is 1. The maximum atomic E-state index is 12.9. The normalized spacial score (nSPS) is 11.8. The van der Waals surface area contributed by atoms with Gasteiger partial charge in [-0.05, 0) is 25.1 Å². The molecule has 0 amide bonds. The molecule has 0 saturated heterocycles. The number of rotatable bonds is 5. The summed E-state index contributed by atoms with van der Waals surface area (Å²) in [5.41, 5.74) is -0.759. The highest BCUT2D eigenvalue weighted by Gasteiger charge is 2.31. The predicted molar refractivity (Wildman–Crippen MR) is 85.8 cm³/mol. The van der Waals surface area contributed by atoms with E-state index in [4.69, 9.17) is 14.2 Å². The molecule has 0 saturated carbocycles. The van der Waals surface area contributed by atoms with Crippen LogP contribution in [-0.2, 0) is 15.7 Å². The lowest BCUT2D eigenvalue weighted by molar-refractivity contribution is -0.137. The van der Waals surface area contributed by atoms with Crippen LogP contribution in [0.2, 0.25) is 0 Å². The summed E-state index contributed by atoms with van der Waals surface area (Å²) in [5, 5.41) is 0. The molecule has 0 aliphatic heterocycles. The number of carbonyl (C=O) groups is 1. The first-order valence-electron chi connectivity index (χ1n) is 7.31. The van der Waals surface area contributed by atoms with E-state index in [0.717, 1.165) is 18.5 Å². The van der Waals surface area contributed by atoms with Crippen LogP contribution < -0.4 is 9.47 Å². The minimum Gasteiger partial charge on any atom is -0.480 e. The van der Waals surface area contributed by atoms with E-state index in [2.05, 4.69) is 9.97 Å². The monoisotopic (exact) mass is 368 g/mol. The summed E-state index contributed by atoms with van der Waals surface area (Å²) >= 11 is 0. The molecule has 2 aromatic rings. The van der Waals surface area contributed by atoms with Gasteiger partial charge in [0, 0.05) is 0 Å². The summed E-state index contributed by atoms with van der Waals surface area (Å²) < 4.78 is 53.9. The maximum Gasteiger partial charge on any atom is 0.416 e. The third kappa shape index (κ3) is 4.11. The Morgan fingerprint density at radius 1 is 1.15 bits per heavy atom. The first-order chi connectivity index (χ1) is 12.3. The van der Waals surface area contributed by atoms with E-state index in [1.807, 2.05) is 0 Å². The van der Waals surface area contributed by atoms with Crippen molar-refractivity contribution >= 4 is 11.5 Å². The Balaban J connectivity index is 2.53. The van der Waals surface area contributed by atoms with Crippen LogP contribution in [0.25, 0.3) is 5.57 Å². The van der Waals surface area contributed by atoms with Crippen molar-refractivity contribution in [2.24, 2.45) is 0 Å². The number of ether oxygens (including phenoxy) is 3. The molecule has 0 radical (unpaired) electrons. The molecule has 0 aliphatic rings. The van der Waals surface area contributed by atoms with Crippen molar-refractivity contribution in [2.45, 2.75) is 13.1 Å². The number of hydrogen-bond donors (Lipinski definition) is 0. The van der Waals surface area contributed by atoms with Gasteiger partial charge in [-0.3, -0.25) is 0 Å². The van der Waals surface area contributed by atoms with Crippen molar-refractivity contribution in [1.29, 1.82) is 0 Å². The Morgan fingerprint density at radius 2 is 1.85 bits per heavy atom. The highest BCUT2D eigenvalue weighted by Crippen LogP contribution is 2.36. The Kier molecular flexibility index (Phi) is 5.81. The minimum atomic E-state index is -4.52. The largest absolute Gasteiger partial charge is 0.480 e. The van der Waals surface area contributed by atoms with E-state index in [0.29, 0.717) is 0 Å². The van der Waals surface area contributed by atoms with Crippen molar-refractivity contribution in [3.63, 3.8) is 0 Å². The molecule has 138 valence electrons. The molecule has 0 unspecified atom stereocenters. The molecule has 0 aliphatic carbocycles. The van der Waals surface area contributed by atoms with Crippen LogP contribution in [0.3, 0.4) is 0 Å². The van der Waals surface area contributed by atoms with Gasteiger partial charge in [0.25, 0.3) is 0 Å². The zero-order valence-corrected chi connectivity index (χ0v) is 14.1. The van der Waals surface area contributed by atoms with Gasteiger partial charge >= 0.3 is 12.1 Å². The average molecular weight is 368 g/mol. The average Bonchev–Trinajstić information content (AvgIpc) is 2.62. The van der Waals surface area contributed by atoms with E-state index in [1.54, 1.807) is 6.92 Å². The quantitative estimate of drug-likeness (QED) is 0.589. The summed E-state index contributed by atoms with van der Waals surface area (Å²) in [6, 6.07) is 4.28. The molecule has 0 spiro atoms. The van der Waals surface area contributed by atoms with Crippen LogP contribution in [0.5, 0.6) is 17.5 Å². The Hall–Kier alpha value is -3.10. The molecule has 0 bridgehead atoms. The molecule has 1 aromatic carbocycles. The fraction of sp³-hybridized carbons (Fsp3) is 0.235. The van der Waals surface area contributed by atoms with Crippen LogP contribution in [0, 0.1) is 0 Å². The summed E-state index contributed by atoms with van der Waals surface area (Å²) in [5.74, 6) is -0.938. The second-order valence-electron chi connectivity index (χ2n) is 4.88. The second kappa shape index (κ2) is 7.85. The maximum absolute atomic E-state index is 12.9. The fourth-order valence-electron chi connectivity index (χ4n) is 2.14. The summed E-state index contributed by atoms with van der Waals surface area (Å²) in [4.78, 5) is 19.8. The molecular weight excluding hydrogens is 353 g/mol. The summed E-state index contributed by atoms with van der Waals surface area (Å²) in [6.45, 7) is 1.58. The number of esters is 1. The third-order valence-corrected chi connectivity index (χ3v) is 3.31. The number of carbonyl (C=O) groups excluding carboxylic acids is 1. The summed E-state index contributed by atoms with van der Waals surface area (Å²) in [6.07, 6.45) is -1.98. The number of hydrogen-bond acceptors (Lipinski definition) is 6. The van der Waals surface area contributed by atoms with E-state index in [-0.39, 0.29) is 28.6 Å². The number of nitrogens with zero attached hydrogens (tertiary/aromatic N) is 2. The van der Waals surface area contributed by atoms with Gasteiger partial charge in [0.1, 0.15) is 17.6 Å². The van der Waals surface area contributed by atoms with Gasteiger partial charge in [0.2, 0.25) is 11.8 Å². The van der Waals surface area contributed by atoms with Crippen LogP contribution in [0.4, 0.5) is 13.2 Å². The number of aromatic nitrogens is 2. The SMILES string of the molecule is CC=C(C(=O)OC)c1c(OC)ncnc1Oc1cccc(C(F)(F)F)c1. The van der Waals surface area contributed by atoms with E-state index < -0.39 is 17.7 Å². The molecular formula is C17H15F3N2O4. The highest BCUT2D eigenvalue weighted by molar-refractivity contribution is 6.17. The second-order valence-corrected chi connectivity index (χ2v) is 4.88. The topological polar surface area (TPSA) is 70.5 Å². The Bertz CT molecular complexity index is 835. The first kappa shape index (κ1) is 19.2. The molecule has 2 rings (SSSR count). The third-order valence-electron chi connectivity index (χ3n) is 3.31. The zero-order valence-electron chi connectivity index (χ0n) is 14.1. The van der Waals surface area contributed by atoms with Gasteiger partial charge in [-0.25, -0.2) is 14.8 Å². The number of alkyl halides is 3. The first-order valence-corrected chi connectivity index (χ1v) is 7.31. The van der Waals surface area contributed by atoms with Crippen LogP contribution in [0.1, 0.15) is 18.1 Å². The van der Waals surface area contributed by atoms with Gasteiger partial charge < -0.3 is 14.2 Å². The lowest BCUT2D eigenvalue weighted by Gasteiger charge is -2.14. The van der Waals surface area contributed by atoms with E-state index in [1.165, 1.54) is 32.4 Å². The molecule has 26 heavy (non-hydrogen) atoms. The molecule has 0 N–H and O–H groups in total. The molecule has 0 atom stereocenters. The highest BCUT2D eigenvalue weighted by atomic mass is 19.4. The van der Waals surface area contributed by atoms with Gasteiger partial charge in [-0.15, -0.1) is 0 Å². The van der Waals surface area contributed by atoms with Gasteiger partial charge in [-0.1, -0.05) is 12.1 Å². The van der Waals surface area contributed by atoms with Gasteiger partial charge in [-0.2, -0.15) is 13.2 Å². The number of halogens is 3. The zero-order chi connectivity index (χ0) is 19.3. The van der Waals surface area contributed by atoms with Crippen molar-refractivity contribution in [1.82, 2.24) is 9.97 Å². The van der Waals surface area contributed by atoms with Crippen LogP contribution in [0.15, 0.2) is 36.7 Å². The smallest absolute Gasteiger partial charge is 0.416 e. The number of methoxy groups -OCH3 is 2. The molecule has 9 heteroatoms. The standard InChI is InChI=1S/C17H15F3N2O4/c1-4-12(16(23)25-3)13-14(24-2)21-9-22-15(13)26-11-7-5-6-10(8-11)17(18,19)20/h4-9H,1-3H3. The van der Waals surface area contributed by atoms with Gasteiger partial charge in [0.15, 0.2) is 0 Å². The van der Waals surface area contributed by atoms with Crippen LogP contribution in [-0.4, -0.2) is 30.2 Å². The molecule has 1 aromatic heterocycles.